The summed E-state index contributed by atoms with van der Waals surface area (Å²) in [5, 5.41) is 10.8. The van der Waals surface area contributed by atoms with Crippen LogP contribution in [-0.4, -0.2) is 41.6 Å². The van der Waals surface area contributed by atoms with Crippen molar-refractivity contribution in [1.82, 2.24) is 9.80 Å². The van der Waals surface area contributed by atoms with Crippen LogP contribution in [0.25, 0.3) is 0 Å². The molecule has 1 saturated heterocycles. The third-order valence-electron chi connectivity index (χ3n) is 2.95. The van der Waals surface area contributed by atoms with Gasteiger partial charge < -0.3 is 14.8 Å². The number of halogens is 1. The van der Waals surface area contributed by atoms with Crippen LogP contribution in [0, 0.1) is 0 Å². The van der Waals surface area contributed by atoms with E-state index in [1.807, 2.05) is 13.0 Å². The molecule has 0 spiro atoms. The predicted molar refractivity (Wildman–Crippen MR) is 68.9 cm³/mol. The summed E-state index contributed by atoms with van der Waals surface area (Å²) in [5.41, 5.74) is 0. The fourth-order valence-corrected chi connectivity index (χ4v) is 3.63. The Labute approximate surface area is 113 Å². The molecule has 0 N–H and O–H groups in total. The van der Waals surface area contributed by atoms with Crippen LogP contribution in [0.1, 0.15) is 11.8 Å². The topological polar surface area (TPSA) is 46.6 Å². The van der Waals surface area contributed by atoms with Gasteiger partial charge in [0.15, 0.2) is 0 Å². The number of nitrogens with zero attached hydrogens (tertiary/aromatic N) is 2. The number of carbonyl (C=O) groups excluding carboxylic acids is 1. The molecule has 1 aromatic heterocycles. The Bertz CT molecular complexity index is 410. The molecule has 1 fully saturated rings. The average molecular weight is 318 g/mol. The van der Waals surface area contributed by atoms with Crippen molar-refractivity contribution >= 4 is 33.4 Å². The molecule has 1 amide bonds. The van der Waals surface area contributed by atoms with E-state index >= 15 is 0 Å². The third kappa shape index (κ3) is 3.20. The normalized spacial score (nSPS) is 21.8. The summed E-state index contributed by atoms with van der Waals surface area (Å²) < 4.78 is 1.13. The lowest BCUT2D eigenvalue weighted by Crippen LogP contribution is -2.56. The fourth-order valence-electron chi connectivity index (χ4n) is 2.11. The first-order valence-corrected chi connectivity index (χ1v) is 7.11. The molecule has 0 aliphatic carbocycles. The van der Waals surface area contributed by atoms with Crippen LogP contribution in [0.4, 0.5) is 4.79 Å². The second kappa shape index (κ2) is 5.37. The molecule has 1 aliphatic heterocycles. The lowest BCUT2D eigenvalue weighted by atomic mass is 10.2. The first kappa shape index (κ1) is 12.9. The van der Waals surface area contributed by atoms with Crippen molar-refractivity contribution in [2.45, 2.75) is 19.5 Å². The molecule has 1 aliphatic rings. The Morgan fingerprint density at radius 3 is 2.88 bits per heavy atom. The number of amides is 1. The van der Waals surface area contributed by atoms with Gasteiger partial charge in [0, 0.05) is 37.1 Å². The standard InChI is InChI=1S/C11H15BrN2O2S/c1-8-6-13(4-5-14(8)11(15)16)7-9-2-3-10(12)17-9/h2-3,8H,4-7H2,1H3,(H,15,16)/p-1/t8-/m0/s1. The van der Waals surface area contributed by atoms with Gasteiger partial charge in [-0.1, -0.05) is 0 Å². The predicted octanol–water partition coefficient (Wildman–Crippen LogP) is 1.36. The maximum Gasteiger partial charge on any atom is 0.137 e. The van der Waals surface area contributed by atoms with Crippen molar-refractivity contribution < 1.29 is 9.90 Å². The Morgan fingerprint density at radius 1 is 1.59 bits per heavy atom. The Hall–Kier alpha value is -0.590. The Kier molecular flexibility index (Phi) is 4.06. The van der Waals surface area contributed by atoms with Gasteiger partial charge >= 0.3 is 0 Å². The van der Waals surface area contributed by atoms with E-state index in [2.05, 4.69) is 26.9 Å². The number of hydrogen-bond acceptors (Lipinski definition) is 4. The van der Waals surface area contributed by atoms with Gasteiger partial charge in [-0.2, -0.15) is 0 Å². The van der Waals surface area contributed by atoms with E-state index < -0.39 is 6.09 Å². The van der Waals surface area contributed by atoms with Crippen LogP contribution >= 0.6 is 27.3 Å². The number of rotatable bonds is 2. The second-order valence-corrected chi connectivity index (χ2v) is 6.80. The average Bonchev–Trinajstić information content (AvgIpc) is 2.63. The Balaban J connectivity index is 1.91. The van der Waals surface area contributed by atoms with Gasteiger partial charge in [-0.05, 0) is 35.0 Å². The first-order valence-electron chi connectivity index (χ1n) is 5.50. The molecule has 2 rings (SSSR count). The largest absolute Gasteiger partial charge is 0.530 e. The zero-order valence-electron chi connectivity index (χ0n) is 9.56. The zero-order chi connectivity index (χ0) is 12.4. The minimum absolute atomic E-state index is 0.0113. The van der Waals surface area contributed by atoms with E-state index in [0.29, 0.717) is 6.54 Å². The highest BCUT2D eigenvalue weighted by Gasteiger charge is 2.23. The molecular weight excluding hydrogens is 304 g/mol. The van der Waals surface area contributed by atoms with Crippen LogP contribution in [0.3, 0.4) is 0 Å². The number of carboxylic acid groups (broad SMARTS) is 1. The molecule has 2 heterocycles. The maximum absolute atomic E-state index is 10.8. The van der Waals surface area contributed by atoms with Crippen LogP contribution in [0.2, 0.25) is 0 Å². The van der Waals surface area contributed by atoms with E-state index in [1.165, 1.54) is 9.78 Å². The van der Waals surface area contributed by atoms with Crippen molar-refractivity contribution in [2.75, 3.05) is 19.6 Å². The van der Waals surface area contributed by atoms with Gasteiger partial charge in [-0.15, -0.1) is 11.3 Å². The minimum atomic E-state index is -1.06. The lowest BCUT2D eigenvalue weighted by molar-refractivity contribution is -0.269. The summed E-state index contributed by atoms with van der Waals surface area (Å²) >= 11 is 5.17. The summed E-state index contributed by atoms with van der Waals surface area (Å²) in [4.78, 5) is 15.8. The third-order valence-corrected chi connectivity index (χ3v) is 4.56. The molecular formula is C11H14BrN2O2S-. The minimum Gasteiger partial charge on any atom is -0.530 e. The van der Waals surface area contributed by atoms with Crippen molar-refractivity contribution in [1.29, 1.82) is 0 Å². The van der Waals surface area contributed by atoms with Crippen LogP contribution in [0.5, 0.6) is 0 Å². The van der Waals surface area contributed by atoms with Crippen molar-refractivity contribution in [3.63, 3.8) is 0 Å². The highest BCUT2D eigenvalue weighted by atomic mass is 79.9. The monoisotopic (exact) mass is 317 g/mol. The summed E-state index contributed by atoms with van der Waals surface area (Å²) in [6.07, 6.45) is -1.06. The second-order valence-electron chi connectivity index (χ2n) is 4.25. The summed E-state index contributed by atoms with van der Waals surface area (Å²) in [7, 11) is 0. The van der Waals surface area contributed by atoms with E-state index in [1.54, 1.807) is 11.3 Å². The summed E-state index contributed by atoms with van der Waals surface area (Å²) in [5.74, 6) is 0. The van der Waals surface area contributed by atoms with Gasteiger partial charge in [0.1, 0.15) is 6.09 Å². The summed E-state index contributed by atoms with van der Waals surface area (Å²) in [6.45, 7) is 4.89. The number of piperazine rings is 1. The molecule has 6 heteroatoms. The molecule has 0 saturated carbocycles. The molecule has 1 aromatic rings. The molecule has 0 radical (unpaired) electrons. The molecule has 0 unspecified atom stereocenters. The maximum atomic E-state index is 10.8. The van der Waals surface area contributed by atoms with E-state index in [0.717, 1.165) is 23.4 Å². The van der Waals surface area contributed by atoms with Crippen LogP contribution in [-0.2, 0) is 6.54 Å². The Morgan fingerprint density at radius 2 is 2.35 bits per heavy atom. The smallest absolute Gasteiger partial charge is 0.137 e. The van der Waals surface area contributed by atoms with E-state index in [9.17, 15) is 9.90 Å². The quantitative estimate of drug-likeness (QED) is 0.827. The lowest BCUT2D eigenvalue weighted by Gasteiger charge is -2.41. The summed E-state index contributed by atoms with van der Waals surface area (Å²) in [6, 6.07) is 4.16. The van der Waals surface area contributed by atoms with Crippen molar-refractivity contribution in [3.05, 3.63) is 20.8 Å². The first-order chi connectivity index (χ1) is 8.06. The highest BCUT2D eigenvalue weighted by Crippen LogP contribution is 2.24. The molecule has 0 aromatic carbocycles. The number of thiophene rings is 1. The number of carbonyl (C=O) groups is 1. The highest BCUT2D eigenvalue weighted by molar-refractivity contribution is 9.11. The molecule has 0 bridgehead atoms. The van der Waals surface area contributed by atoms with Gasteiger partial charge in [0.2, 0.25) is 0 Å². The van der Waals surface area contributed by atoms with E-state index in [4.69, 9.17) is 0 Å². The SMILES string of the molecule is C[C@H]1CN(Cc2ccc(Br)s2)CCN1C(=O)[O-]. The number of hydrogen-bond donors (Lipinski definition) is 0. The van der Waals surface area contributed by atoms with Gasteiger partial charge in [-0.25, -0.2) is 0 Å². The fraction of sp³-hybridized carbons (Fsp3) is 0.545. The molecule has 94 valence electrons. The van der Waals surface area contributed by atoms with Gasteiger partial charge in [0.05, 0.1) is 3.79 Å². The van der Waals surface area contributed by atoms with Crippen LogP contribution in [0.15, 0.2) is 15.9 Å². The zero-order valence-corrected chi connectivity index (χ0v) is 12.0. The van der Waals surface area contributed by atoms with Crippen LogP contribution < -0.4 is 5.11 Å². The van der Waals surface area contributed by atoms with Gasteiger partial charge in [0.25, 0.3) is 0 Å². The van der Waals surface area contributed by atoms with Crippen molar-refractivity contribution in [2.24, 2.45) is 0 Å². The molecule has 1 atom stereocenters. The van der Waals surface area contributed by atoms with Crippen molar-refractivity contribution in [3.8, 4) is 0 Å². The molecule has 4 nitrogen and oxygen atoms in total. The molecule has 17 heavy (non-hydrogen) atoms. The van der Waals surface area contributed by atoms with Gasteiger partial charge in [-0.3, -0.25) is 4.90 Å². The van der Waals surface area contributed by atoms with E-state index in [-0.39, 0.29) is 6.04 Å².